The monoisotopic (exact) mass is 386 g/mol. The van der Waals surface area contributed by atoms with Crippen molar-refractivity contribution in [3.63, 3.8) is 0 Å². The molecule has 0 saturated carbocycles. The van der Waals surface area contributed by atoms with Crippen LogP contribution in [0.2, 0.25) is 5.02 Å². The van der Waals surface area contributed by atoms with E-state index in [2.05, 4.69) is 26.1 Å². The topological polar surface area (TPSA) is 49.4 Å². The van der Waals surface area contributed by atoms with Crippen molar-refractivity contribution in [3.05, 3.63) is 64.2 Å². The van der Waals surface area contributed by atoms with Crippen LogP contribution >= 0.6 is 11.6 Å². The summed E-state index contributed by atoms with van der Waals surface area (Å²) in [5.74, 6) is -0.245. The predicted molar refractivity (Wildman–Crippen MR) is 112 cm³/mol. The maximum Gasteiger partial charge on any atom is 0.251 e. The molecule has 0 spiro atoms. The number of benzene rings is 2. The molecule has 0 radical (unpaired) electrons. The zero-order valence-corrected chi connectivity index (χ0v) is 17.4. The molecule has 5 heteroatoms. The average molecular weight is 387 g/mol. The van der Waals surface area contributed by atoms with Gasteiger partial charge in [0.25, 0.3) is 5.91 Å². The van der Waals surface area contributed by atoms with E-state index < -0.39 is 0 Å². The second-order valence-electron chi connectivity index (χ2n) is 7.68. The quantitative estimate of drug-likeness (QED) is 0.807. The van der Waals surface area contributed by atoms with E-state index in [1.165, 1.54) is 12.5 Å². The highest BCUT2D eigenvalue weighted by atomic mass is 35.5. The Morgan fingerprint density at radius 2 is 1.70 bits per heavy atom. The Labute approximate surface area is 166 Å². The van der Waals surface area contributed by atoms with Gasteiger partial charge in [0.15, 0.2) is 0 Å². The van der Waals surface area contributed by atoms with E-state index >= 15 is 0 Å². The minimum atomic E-state index is -0.151. The van der Waals surface area contributed by atoms with E-state index in [1.54, 1.807) is 17.0 Å². The summed E-state index contributed by atoms with van der Waals surface area (Å²) >= 11 is 6.07. The molecule has 0 aromatic heterocycles. The molecule has 1 N–H and O–H groups in total. The Morgan fingerprint density at radius 1 is 1.07 bits per heavy atom. The van der Waals surface area contributed by atoms with E-state index in [4.69, 9.17) is 11.6 Å². The van der Waals surface area contributed by atoms with E-state index in [0.717, 1.165) is 11.3 Å². The number of aryl methyl sites for hydroxylation is 1. The van der Waals surface area contributed by atoms with Crippen molar-refractivity contribution in [2.24, 2.45) is 0 Å². The van der Waals surface area contributed by atoms with Gasteiger partial charge in [-0.2, -0.15) is 0 Å². The molecule has 0 unspecified atom stereocenters. The first kappa shape index (κ1) is 21.0. The molecule has 0 saturated heterocycles. The third-order valence-electron chi connectivity index (χ3n) is 4.48. The Balaban J connectivity index is 2.01. The summed E-state index contributed by atoms with van der Waals surface area (Å²) in [5.41, 5.74) is 3.55. The lowest BCUT2D eigenvalue weighted by Crippen LogP contribution is -2.38. The molecule has 144 valence electrons. The number of halogens is 1. The first-order valence-electron chi connectivity index (χ1n) is 9.02. The molecule has 0 bridgehead atoms. The summed E-state index contributed by atoms with van der Waals surface area (Å²) in [6.07, 6.45) is 0. The van der Waals surface area contributed by atoms with Crippen LogP contribution in [0.3, 0.4) is 0 Å². The molecule has 0 heterocycles. The molecular weight excluding hydrogens is 360 g/mol. The zero-order valence-electron chi connectivity index (χ0n) is 16.6. The van der Waals surface area contributed by atoms with Crippen molar-refractivity contribution in [3.8, 4) is 0 Å². The van der Waals surface area contributed by atoms with Gasteiger partial charge in [-0.25, -0.2) is 0 Å². The molecule has 2 amide bonds. The van der Waals surface area contributed by atoms with E-state index in [0.29, 0.717) is 23.7 Å². The number of carbonyl (C=O) groups excluding carboxylic acids is 2. The fourth-order valence-corrected chi connectivity index (χ4v) is 2.99. The number of carbonyl (C=O) groups is 2. The van der Waals surface area contributed by atoms with E-state index in [-0.39, 0.29) is 17.2 Å². The summed E-state index contributed by atoms with van der Waals surface area (Å²) in [4.78, 5) is 26.1. The summed E-state index contributed by atoms with van der Waals surface area (Å²) in [5, 5.41) is 3.45. The van der Waals surface area contributed by atoms with Crippen molar-refractivity contribution in [1.82, 2.24) is 5.32 Å². The molecule has 0 atom stereocenters. The molecule has 2 rings (SSSR count). The first-order valence-corrected chi connectivity index (χ1v) is 9.40. The van der Waals surface area contributed by atoms with Crippen LogP contribution in [0.25, 0.3) is 0 Å². The van der Waals surface area contributed by atoms with Crippen molar-refractivity contribution >= 4 is 29.1 Å². The highest BCUT2D eigenvalue weighted by Crippen LogP contribution is 2.24. The SMILES string of the molecule is CC(=O)N(CCNC(=O)c1ccc(C(C)(C)C)cc1)c1cc(Cl)ccc1C. The minimum Gasteiger partial charge on any atom is -0.350 e. The lowest BCUT2D eigenvalue weighted by atomic mass is 9.87. The predicted octanol–water partition coefficient (Wildman–Crippen LogP) is 4.73. The average Bonchev–Trinajstić information content (AvgIpc) is 2.60. The van der Waals surface area contributed by atoms with E-state index in [9.17, 15) is 9.59 Å². The van der Waals surface area contributed by atoms with Crippen LogP contribution in [0.15, 0.2) is 42.5 Å². The van der Waals surface area contributed by atoms with Gasteiger partial charge in [-0.1, -0.05) is 50.6 Å². The summed E-state index contributed by atoms with van der Waals surface area (Å²) in [6.45, 7) is 10.6. The van der Waals surface area contributed by atoms with Crippen LogP contribution in [0, 0.1) is 6.92 Å². The molecular formula is C22H27ClN2O2. The van der Waals surface area contributed by atoms with Crippen LogP contribution < -0.4 is 10.2 Å². The van der Waals surface area contributed by atoms with Gasteiger partial charge in [0.05, 0.1) is 0 Å². The van der Waals surface area contributed by atoms with Crippen molar-refractivity contribution in [2.45, 2.75) is 40.0 Å². The standard InChI is InChI=1S/C22H27ClN2O2/c1-15-6-11-19(23)14-20(15)25(16(2)26)13-12-24-21(27)17-7-9-18(10-8-17)22(3,4)5/h6-11,14H,12-13H2,1-5H3,(H,24,27). The Morgan fingerprint density at radius 3 is 2.26 bits per heavy atom. The van der Waals surface area contributed by atoms with Crippen LogP contribution in [0.1, 0.15) is 49.2 Å². The van der Waals surface area contributed by atoms with Crippen LogP contribution in [-0.4, -0.2) is 24.9 Å². The second-order valence-corrected chi connectivity index (χ2v) is 8.12. The third kappa shape index (κ3) is 5.57. The fraction of sp³-hybridized carbons (Fsp3) is 0.364. The largest absolute Gasteiger partial charge is 0.350 e. The number of hydrogen-bond acceptors (Lipinski definition) is 2. The van der Waals surface area contributed by atoms with Gasteiger partial charge in [-0.15, -0.1) is 0 Å². The summed E-state index contributed by atoms with van der Waals surface area (Å²) in [6, 6.07) is 13.1. The lowest BCUT2D eigenvalue weighted by molar-refractivity contribution is -0.116. The van der Waals surface area contributed by atoms with Crippen molar-refractivity contribution < 1.29 is 9.59 Å². The van der Waals surface area contributed by atoms with E-state index in [1.807, 2.05) is 37.3 Å². The number of hydrogen-bond donors (Lipinski definition) is 1. The summed E-state index contributed by atoms with van der Waals surface area (Å²) < 4.78 is 0. The number of rotatable bonds is 5. The fourth-order valence-electron chi connectivity index (χ4n) is 2.83. The van der Waals surface area contributed by atoms with Crippen LogP contribution in [0.5, 0.6) is 0 Å². The van der Waals surface area contributed by atoms with Crippen LogP contribution in [-0.2, 0) is 10.2 Å². The molecule has 27 heavy (non-hydrogen) atoms. The highest BCUT2D eigenvalue weighted by molar-refractivity contribution is 6.31. The molecule has 0 fully saturated rings. The Kier molecular flexibility index (Phi) is 6.66. The molecule has 0 aliphatic rings. The zero-order chi connectivity index (χ0) is 20.2. The van der Waals surface area contributed by atoms with Gasteiger partial charge in [0.2, 0.25) is 5.91 Å². The molecule has 0 aliphatic carbocycles. The summed E-state index contributed by atoms with van der Waals surface area (Å²) in [7, 11) is 0. The van der Waals surface area contributed by atoms with Gasteiger partial charge in [0, 0.05) is 36.3 Å². The van der Waals surface area contributed by atoms with Gasteiger partial charge in [-0.05, 0) is 47.7 Å². The number of anilines is 1. The smallest absolute Gasteiger partial charge is 0.251 e. The van der Waals surface area contributed by atoms with Gasteiger partial charge < -0.3 is 10.2 Å². The second kappa shape index (κ2) is 8.57. The lowest BCUT2D eigenvalue weighted by Gasteiger charge is -2.23. The highest BCUT2D eigenvalue weighted by Gasteiger charge is 2.16. The Bertz CT molecular complexity index is 823. The van der Waals surface area contributed by atoms with Crippen molar-refractivity contribution in [1.29, 1.82) is 0 Å². The van der Waals surface area contributed by atoms with Gasteiger partial charge in [-0.3, -0.25) is 9.59 Å². The van der Waals surface area contributed by atoms with Gasteiger partial charge >= 0.3 is 0 Å². The minimum absolute atomic E-state index is 0.0474. The van der Waals surface area contributed by atoms with Crippen LogP contribution in [0.4, 0.5) is 5.69 Å². The number of amides is 2. The van der Waals surface area contributed by atoms with Crippen molar-refractivity contribution in [2.75, 3.05) is 18.0 Å². The third-order valence-corrected chi connectivity index (χ3v) is 4.71. The molecule has 2 aromatic carbocycles. The molecule has 2 aromatic rings. The Hall–Kier alpha value is -2.33. The number of nitrogens with zero attached hydrogens (tertiary/aromatic N) is 1. The first-order chi connectivity index (χ1) is 12.6. The molecule has 0 aliphatic heterocycles. The number of nitrogens with one attached hydrogen (secondary N) is 1. The normalized spacial score (nSPS) is 11.2. The molecule has 4 nitrogen and oxygen atoms in total. The van der Waals surface area contributed by atoms with Gasteiger partial charge in [0.1, 0.15) is 0 Å². The maximum atomic E-state index is 12.4. The maximum absolute atomic E-state index is 12.4.